The van der Waals surface area contributed by atoms with E-state index in [2.05, 4.69) is 10.3 Å². The molecule has 3 N–H and O–H groups in total. The number of nitrogens with zero attached hydrogens (tertiary/aromatic N) is 2. The second kappa shape index (κ2) is 5.19. The molecule has 0 aliphatic heterocycles. The Hall–Kier alpha value is -2.87. The Kier molecular flexibility index (Phi) is 3.44. The number of nitrogen functional groups attached to an aromatic ring is 1. The first kappa shape index (κ1) is 12.6. The number of nitrogens with one attached hydrogen (secondary N) is 1. The maximum Gasteiger partial charge on any atom is 0.159 e. The summed E-state index contributed by atoms with van der Waals surface area (Å²) < 4.78 is 0. The van der Waals surface area contributed by atoms with Crippen molar-refractivity contribution in [2.75, 3.05) is 11.1 Å². The largest absolute Gasteiger partial charge is 0.396 e. The molecule has 1 aromatic heterocycles. The van der Waals surface area contributed by atoms with E-state index in [1.165, 1.54) is 13.1 Å². The van der Waals surface area contributed by atoms with E-state index < -0.39 is 0 Å². The van der Waals surface area contributed by atoms with Crippen LogP contribution in [0, 0.1) is 11.3 Å². The second-order valence-corrected chi connectivity index (χ2v) is 4.04. The molecular weight excluding hydrogens is 240 g/mol. The van der Waals surface area contributed by atoms with E-state index in [1.54, 1.807) is 24.3 Å². The molecule has 0 aliphatic carbocycles. The van der Waals surface area contributed by atoms with Crippen LogP contribution in [-0.4, -0.2) is 10.8 Å². The van der Waals surface area contributed by atoms with E-state index >= 15 is 0 Å². The second-order valence-electron chi connectivity index (χ2n) is 4.04. The lowest BCUT2D eigenvalue weighted by Crippen LogP contribution is -2.01. The number of aromatic nitrogens is 1. The SMILES string of the molecule is CC(=O)c1cccc(Nc2ncc(C#N)cc2N)c1. The van der Waals surface area contributed by atoms with Crippen LogP contribution in [0.1, 0.15) is 22.8 Å². The molecule has 0 amide bonds. The lowest BCUT2D eigenvalue weighted by atomic mass is 10.1. The minimum atomic E-state index is -0.00981. The number of hydrogen-bond donors (Lipinski definition) is 2. The van der Waals surface area contributed by atoms with Crippen molar-refractivity contribution in [1.29, 1.82) is 5.26 Å². The zero-order valence-corrected chi connectivity index (χ0v) is 10.3. The summed E-state index contributed by atoms with van der Waals surface area (Å²) in [5, 5.41) is 11.8. The smallest absolute Gasteiger partial charge is 0.159 e. The number of nitriles is 1. The first-order chi connectivity index (χ1) is 9.10. The van der Waals surface area contributed by atoms with Gasteiger partial charge in [-0.1, -0.05) is 12.1 Å². The highest BCUT2D eigenvalue weighted by molar-refractivity contribution is 5.95. The minimum Gasteiger partial charge on any atom is -0.396 e. The molecule has 94 valence electrons. The van der Waals surface area contributed by atoms with Crippen LogP contribution in [0.25, 0.3) is 0 Å². The fourth-order valence-corrected chi connectivity index (χ4v) is 1.60. The lowest BCUT2D eigenvalue weighted by molar-refractivity contribution is 0.101. The van der Waals surface area contributed by atoms with Crippen molar-refractivity contribution in [1.82, 2.24) is 4.98 Å². The Labute approximate surface area is 110 Å². The van der Waals surface area contributed by atoms with Crippen molar-refractivity contribution in [3.8, 4) is 6.07 Å². The Bertz CT molecular complexity index is 673. The summed E-state index contributed by atoms with van der Waals surface area (Å²) in [4.78, 5) is 15.4. The zero-order chi connectivity index (χ0) is 13.8. The summed E-state index contributed by atoms with van der Waals surface area (Å²) in [7, 11) is 0. The molecule has 0 aliphatic rings. The van der Waals surface area contributed by atoms with Crippen molar-refractivity contribution in [2.45, 2.75) is 6.92 Å². The predicted octanol–water partition coefficient (Wildman–Crippen LogP) is 2.48. The third kappa shape index (κ3) is 2.87. The summed E-state index contributed by atoms with van der Waals surface area (Å²) in [5.41, 5.74) is 7.91. The molecule has 0 saturated heterocycles. The van der Waals surface area contributed by atoms with E-state index in [-0.39, 0.29) is 5.78 Å². The van der Waals surface area contributed by atoms with Crippen LogP contribution in [0.3, 0.4) is 0 Å². The zero-order valence-electron chi connectivity index (χ0n) is 10.3. The quantitative estimate of drug-likeness (QED) is 0.819. The molecule has 19 heavy (non-hydrogen) atoms. The molecule has 0 saturated carbocycles. The molecule has 0 bridgehead atoms. The number of benzene rings is 1. The normalized spacial score (nSPS) is 9.68. The number of anilines is 3. The number of carbonyl (C=O) groups is 1. The maximum atomic E-state index is 11.3. The molecule has 2 aromatic rings. The van der Waals surface area contributed by atoms with Gasteiger partial charge in [-0.3, -0.25) is 4.79 Å². The average molecular weight is 252 g/mol. The third-order valence-corrected chi connectivity index (χ3v) is 2.58. The number of rotatable bonds is 3. The molecule has 1 heterocycles. The molecule has 5 heteroatoms. The molecule has 0 fully saturated rings. The van der Waals surface area contributed by atoms with Gasteiger partial charge in [0.05, 0.1) is 11.3 Å². The highest BCUT2D eigenvalue weighted by atomic mass is 16.1. The summed E-state index contributed by atoms with van der Waals surface area (Å²) in [6.45, 7) is 1.51. The molecule has 0 spiro atoms. The topological polar surface area (TPSA) is 91.8 Å². The Morgan fingerprint density at radius 2 is 2.21 bits per heavy atom. The Morgan fingerprint density at radius 3 is 2.84 bits per heavy atom. The van der Waals surface area contributed by atoms with Crippen LogP contribution >= 0.6 is 0 Å². The molecule has 0 unspecified atom stereocenters. The van der Waals surface area contributed by atoms with Crippen LogP contribution in [0.2, 0.25) is 0 Å². The van der Waals surface area contributed by atoms with Gasteiger partial charge in [-0.15, -0.1) is 0 Å². The fraction of sp³-hybridized carbons (Fsp3) is 0.0714. The van der Waals surface area contributed by atoms with Crippen LogP contribution < -0.4 is 11.1 Å². The fourth-order valence-electron chi connectivity index (χ4n) is 1.60. The number of carbonyl (C=O) groups excluding carboxylic acids is 1. The van der Waals surface area contributed by atoms with Gasteiger partial charge in [0, 0.05) is 17.4 Å². The molecule has 0 atom stereocenters. The lowest BCUT2D eigenvalue weighted by Gasteiger charge is -2.09. The van der Waals surface area contributed by atoms with E-state index in [9.17, 15) is 4.79 Å². The maximum absolute atomic E-state index is 11.3. The van der Waals surface area contributed by atoms with Crippen LogP contribution in [-0.2, 0) is 0 Å². The molecule has 2 rings (SSSR count). The van der Waals surface area contributed by atoms with Crippen LogP contribution in [0.15, 0.2) is 36.5 Å². The highest BCUT2D eigenvalue weighted by Gasteiger charge is 2.05. The van der Waals surface area contributed by atoms with Gasteiger partial charge in [0.25, 0.3) is 0 Å². The molecule has 1 aromatic carbocycles. The van der Waals surface area contributed by atoms with E-state index in [0.717, 1.165) is 5.69 Å². The molecule has 0 radical (unpaired) electrons. The van der Waals surface area contributed by atoms with Crippen molar-refractivity contribution >= 4 is 23.0 Å². The Balaban J connectivity index is 2.29. The number of nitrogens with two attached hydrogens (primary N) is 1. The van der Waals surface area contributed by atoms with Crippen molar-refractivity contribution in [3.63, 3.8) is 0 Å². The van der Waals surface area contributed by atoms with Crippen molar-refractivity contribution in [2.24, 2.45) is 0 Å². The summed E-state index contributed by atoms with van der Waals surface area (Å²) in [5.74, 6) is 0.448. The van der Waals surface area contributed by atoms with Gasteiger partial charge in [0.2, 0.25) is 0 Å². The predicted molar refractivity (Wildman–Crippen MR) is 73.1 cm³/mol. The van der Waals surface area contributed by atoms with Gasteiger partial charge in [-0.25, -0.2) is 4.98 Å². The summed E-state index contributed by atoms with van der Waals surface area (Å²) >= 11 is 0. The van der Waals surface area contributed by atoms with Gasteiger partial charge < -0.3 is 11.1 Å². The number of hydrogen-bond acceptors (Lipinski definition) is 5. The summed E-state index contributed by atoms with van der Waals surface area (Å²) in [6.07, 6.45) is 1.44. The van der Waals surface area contributed by atoms with Gasteiger partial charge in [-0.05, 0) is 25.1 Å². The third-order valence-electron chi connectivity index (χ3n) is 2.58. The Morgan fingerprint density at radius 1 is 1.42 bits per heavy atom. The van der Waals surface area contributed by atoms with Crippen molar-refractivity contribution in [3.05, 3.63) is 47.7 Å². The molecule has 5 nitrogen and oxygen atoms in total. The average Bonchev–Trinajstić information content (AvgIpc) is 2.41. The molecular formula is C14H12N4O. The first-order valence-electron chi connectivity index (χ1n) is 5.64. The van der Waals surface area contributed by atoms with E-state index in [0.29, 0.717) is 22.6 Å². The number of Topliss-reactive ketones (excluding diaryl/α,β-unsaturated/α-hetero) is 1. The monoisotopic (exact) mass is 252 g/mol. The number of pyridine rings is 1. The first-order valence-corrected chi connectivity index (χ1v) is 5.64. The standard InChI is InChI=1S/C14H12N4O/c1-9(19)11-3-2-4-12(6-11)18-14-13(16)5-10(7-15)8-17-14/h2-6,8H,16H2,1H3,(H,17,18). The van der Waals surface area contributed by atoms with E-state index in [1.807, 2.05) is 12.1 Å². The van der Waals surface area contributed by atoms with Gasteiger partial charge in [0.15, 0.2) is 11.6 Å². The van der Waals surface area contributed by atoms with Crippen molar-refractivity contribution < 1.29 is 4.79 Å². The minimum absolute atomic E-state index is 0.00981. The highest BCUT2D eigenvalue weighted by Crippen LogP contribution is 2.22. The number of ketones is 1. The van der Waals surface area contributed by atoms with Crippen LogP contribution in [0.4, 0.5) is 17.2 Å². The van der Waals surface area contributed by atoms with E-state index in [4.69, 9.17) is 11.0 Å². The van der Waals surface area contributed by atoms with Gasteiger partial charge >= 0.3 is 0 Å². The van der Waals surface area contributed by atoms with Gasteiger partial charge in [-0.2, -0.15) is 5.26 Å². The van der Waals surface area contributed by atoms with Gasteiger partial charge in [0.1, 0.15) is 6.07 Å². The van der Waals surface area contributed by atoms with Crippen LogP contribution in [0.5, 0.6) is 0 Å². The summed E-state index contributed by atoms with van der Waals surface area (Å²) in [6, 6.07) is 10.6.